The van der Waals surface area contributed by atoms with Crippen molar-refractivity contribution < 1.29 is 9.53 Å². The van der Waals surface area contributed by atoms with Crippen molar-refractivity contribution in [2.75, 3.05) is 19.7 Å². The van der Waals surface area contributed by atoms with Crippen LogP contribution in [0.15, 0.2) is 30.3 Å². The lowest BCUT2D eigenvalue weighted by Gasteiger charge is -2.57. The van der Waals surface area contributed by atoms with Crippen LogP contribution in [-0.4, -0.2) is 30.5 Å². The number of morpholine rings is 1. The first-order chi connectivity index (χ1) is 12.1. The summed E-state index contributed by atoms with van der Waals surface area (Å²) in [5.41, 5.74) is 0.763. The van der Waals surface area contributed by atoms with Gasteiger partial charge in [0.2, 0.25) is 5.91 Å². The van der Waals surface area contributed by atoms with E-state index in [9.17, 15) is 4.79 Å². The fraction of sp³-hybridized carbons (Fsp3) is 0.682. The molecular formula is C22H29NO2. The van der Waals surface area contributed by atoms with Crippen LogP contribution in [0.3, 0.4) is 0 Å². The van der Waals surface area contributed by atoms with E-state index in [1.165, 1.54) is 24.8 Å². The first-order valence-electron chi connectivity index (χ1n) is 10.1. The van der Waals surface area contributed by atoms with Gasteiger partial charge < -0.3 is 9.64 Å². The predicted molar refractivity (Wildman–Crippen MR) is 96.9 cm³/mol. The number of nitrogens with zero attached hydrogens (tertiary/aromatic N) is 1. The first kappa shape index (κ1) is 15.9. The molecule has 6 rings (SSSR count). The Balaban J connectivity index is 1.39. The van der Waals surface area contributed by atoms with Gasteiger partial charge in [0.15, 0.2) is 0 Å². The Hall–Kier alpha value is -1.35. The molecule has 1 heterocycles. The molecule has 5 aliphatic rings. The Labute approximate surface area is 150 Å². The summed E-state index contributed by atoms with van der Waals surface area (Å²) in [6, 6.07) is 10.4. The smallest absolute Gasteiger partial charge is 0.229 e. The van der Waals surface area contributed by atoms with E-state index >= 15 is 0 Å². The number of hydrogen-bond donors (Lipinski definition) is 0. The van der Waals surface area contributed by atoms with Crippen molar-refractivity contribution in [1.82, 2.24) is 4.90 Å². The average molecular weight is 339 g/mol. The van der Waals surface area contributed by atoms with Crippen LogP contribution in [0.2, 0.25) is 0 Å². The van der Waals surface area contributed by atoms with Crippen LogP contribution in [0, 0.1) is 23.2 Å². The minimum absolute atomic E-state index is 0.0380. The molecule has 134 valence electrons. The molecule has 1 saturated heterocycles. The molecule has 1 aliphatic heterocycles. The zero-order chi connectivity index (χ0) is 17.1. The fourth-order valence-corrected chi connectivity index (χ4v) is 6.72. The van der Waals surface area contributed by atoms with E-state index < -0.39 is 0 Å². The van der Waals surface area contributed by atoms with Crippen LogP contribution in [0.4, 0.5) is 0 Å². The summed E-state index contributed by atoms with van der Waals surface area (Å²) in [5.74, 6) is 2.89. The monoisotopic (exact) mass is 339 g/mol. The molecule has 0 aromatic heterocycles. The van der Waals surface area contributed by atoms with Gasteiger partial charge in [-0.1, -0.05) is 30.3 Å². The number of benzene rings is 1. The summed E-state index contributed by atoms with van der Waals surface area (Å²) in [5, 5.41) is 0. The molecule has 1 aromatic rings. The van der Waals surface area contributed by atoms with E-state index in [4.69, 9.17) is 4.74 Å². The van der Waals surface area contributed by atoms with Crippen molar-refractivity contribution in [3.05, 3.63) is 35.9 Å². The molecule has 0 radical (unpaired) electrons. The lowest BCUT2D eigenvalue weighted by molar-refractivity contribution is -0.172. The zero-order valence-corrected chi connectivity index (χ0v) is 15.2. The number of ether oxygens (including phenoxy) is 1. The summed E-state index contributed by atoms with van der Waals surface area (Å²) >= 11 is 0. The largest absolute Gasteiger partial charge is 0.367 e. The van der Waals surface area contributed by atoms with Crippen molar-refractivity contribution in [1.29, 1.82) is 0 Å². The van der Waals surface area contributed by atoms with E-state index in [1.54, 1.807) is 0 Å². The molecule has 25 heavy (non-hydrogen) atoms. The van der Waals surface area contributed by atoms with E-state index in [0.717, 1.165) is 43.6 Å². The number of carbonyl (C=O) groups excluding carboxylic acids is 1. The van der Waals surface area contributed by atoms with E-state index in [-0.39, 0.29) is 11.0 Å². The highest BCUT2D eigenvalue weighted by Crippen LogP contribution is 2.60. The number of hydrogen-bond acceptors (Lipinski definition) is 2. The maximum atomic E-state index is 13.6. The highest BCUT2D eigenvalue weighted by molar-refractivity contribution is 5.83. The van der Waals surface area contributed by atoms with Crippen molar-refractivity contribution in [3.63, 3.8) is 0 Å². The van der Waals surface area contributed by atoms with Gasteiger partial charge in [0.05, 0.1) is 18.6 Å². The zero-order valence-electron chi connectivity index (χ0n) is 15.2. The van der Waals surface area contributed by atoms with Gasteiger partial charge in [0, 0.05) is 6.54 Å². The van der Waals surface area contributed by atoms with Crippen molar-refractivity contribution in [2.24, 2.45) is 23.2 Å². The standard InChI is InChI=1S/C22H29NO2/c1-21(19-5-3-2-4-6-19)15-23(7-8-25-21)20(24)22-12-16-9-17(13-22)11-18(10-16)14-22/h2-6,16-18H,7-15H2,1H3. The maximum absolute atomic E-state index is 13.6. The maximum Gasteiger partial charge on any atom is 0.229 e. The van der Waals surface area contributed by atoms with Crippen LogP contribution >= 0.6 is 0 Å². The van der Waals surface area contributed by atoms with Gasteiger partial charge in [-0.25, -0.2) is 0 Å². The number of amides is 1. The lowest BCUT2D eigenvalue weighted by atomic mass is 9.49. The average Bonchev–Trinajstić information content (AvgIpc) is 2.61. The number of rotatable bonds is 2. The minimum Gasteiger partial charge on any atom is -0.367 e. The Kier molecular flexibility index (Phi) is 3.54. The molecule has 1 amide bonds. The molecule has 1 atom stereocenters. The Morgan fingerprint density at radius 1 is 1.04 bits per heavy atom. The van der Waals surface area contributed by atoms with Gasteiger partial charge in [0.25, 0.3) is 0 Å². The van der Waals surface area contributed by atoms with Gasteiger partial charge >= 0.3 is 0 Å². The van der Waals surface area contributed by atoms with Gasteiger partial charge in [-0.15, -0.1) is 0 Å². The van der Waals surface area contributed by atoms with Crippen LogP contribution in [0.25, 0.3) is 0 Å². The van der Waals surface area contributed by atoms with Crippen LogP contribution < -0.4 is 0 Å². The van der Waals surface area contributed by atoms with Crippen LogP contribution in [-0.2, 0) is 15.1 Å². The molecule has 4 saturated carbocycles. The molecule has 1 unspecified atom stereocenters. The molecule has 4 bridgehead atoms. The van der Waals surface area contributed by atoms with E-state index in [0.29, 0.717) is 19.1 Å². The van der Waals surface area contributed by atoms with Gasteiger partial charge in [0.1, 0.15) is 5.60 Å². The lowest BCUT2D eigenvalue weighted by Crippen LogP contribution is -2.59. The fourth-order valence-electron chi connectivity index (χ4n) is 6.72. The third kappa shape index (κ3) is 2.54. The highest BCUT2D eigenvalue weighted by atomic mass is 16.5. The summed E-state index contributed by atoms with van der Waals surface area (Å²) < 4.78 is 6.16. The van der Waals surface area contributed by atoms with Gasteiger partial charge in [-0.2, -0.15) is 0 Å². The normalized spacial score (nSPS) is 42.6. The second kappa shape index (κ2) is 5.57. The molecule has 5 fully saturated rings. The molecule has 0 spiro atoms. The minimum atomic E-state index is -0.378. The Morgan fingerprint density at radius 2 is 1.64 bits per heavy atom. The van der Waals surface area contributed by atoms with Gasteiger partial charge in [-0.3, -0.25) is 4.79 Å². The molecule has 1 aromatic carbocycles. The van der Waals surface area contributed by atoms with Crippen molar-refractivity contribution in [3.8, 4) is 0 Å². The van der Waals surface area contributed by atoms with E-state index in [1.807, 2.05) is 6.07 Å². The molecule has 4 aliphatic carbocycles. The second-order valence-electron chi connectivity index (χ2n) is 9.37. The van der Waals surface area contributed by atoms with Crippen molar-refractivity contribution in [2.45, 2.75) is 51.0 Å². The third-order valence-corrected chi connectivity index (χ3v) is 7.44. The SMILES string of the molecule is CC1(c2ccccc2)CN(C(=O)C23CC4CC(CC(C4)C2)C3)CCO1. The molecular weight excluding hydrogens is 310 g/mol. The summed E-state index contributed by atoms with van der Waals surface area (Å²) in [6.07, 6.45) is 7.61. The first-order valence-corrected chi connectivity index (χ1v) is 10.1. The molecule has 3 nitrogen and oxygen atoms in total. The Bertz CT molecular complexity index is 635. The number of carbonyl (C=O) groups is 1. The Morgan fingerprint density at radius 3 is 2.24 bits per heavy atom. The molecule has 3 heteroatoms. The van der Waals surface area contributed by atoms with Gasteiger partial charge in [-0.05, 0) is 68.8 Å². The summed E-state index contributed by atoms with van der Waals surface area (Å²) in [7, 11) is 0. The van der Waals surface area contributed by atoms with Crippen LogP contribution in [0.5, 0.6) is 0 Å². The highest BCUT2D eigenvalue weighted by Gasteiger charge is 2.56. The summed E-state index contributed by atoms with van der Waals surface area (Å²) in [4.78, 5) is 15.8. The van der Waals surface area contributed by atoms with Crippen molar-refractivity contribution >= 4 is 5.91 Å². The van der Waals surface area contributed by atoms with Crippen LogP contribution in [0.1, 0.15) is 51.0 Å². The summed E-state index contributed by atoms with van der Waals surface area (Å²) in [6.45, 7) is 4.23. The topological polar surface area (TPSA) is 29.5 Å². The molecule has 0 N–H and O–H groups in total. The quantitative estimate of drug-likeness (QED) is 0.816. The second-order valence-corrected chi connectivity index (χ2v) is 9.37. The third-order valence-electron chi connectivity index (χ3n) is 7.44. The predicted octanol–water partition coefficient (Wildman–Crippen LogP) is 3.98. The van der Waals surface area contributed by atoms with E-state index in [2.05, 4.69) is 36.1 Å².